The minimum Gasteiger partial charge on any atom is -0.356 e. The molecule has 0 radical (unpaired) electrons. The Labute approximate surface area is 142 Å². The summed E-state index contributed by atoms with van der Waals surface area (Å²) in [6, 6.07) is 14.6. The quantitative estimate of drug-likeness (QED) is 0.355. The molecule has 0 bridgehead atoms. The van der Waals surface area contributed by atoms with Crippen LogP contribution in [-0.2, 0) is 6.42 Å². The Morgan fingerprint density at radius 1 is 1.09 bits per heavy atom. The van der Waals surface area contributed by atoms with Crippen molar-refractivity contribution in [1.82, 2.24) is 15.6 Å². The van der Waals surface area contributed by atoms with Crippen LogP contribution in [0.5, 0.6) is 0 Å². The van der Waals surface area contributed by atoms with Gasteiger partial charge in [-0.25, -0.2) is 0 Å². The second-order valence-corrected chi connectivity index (χ2v) is 6.33. The van der Waals surface area contributed by atoms with Crippen LogP contribution in [-0.4, -0.2) is 36.8 Å². The molecule has 122 valence electrons. The lowest BCUT2D eigenvalue weighted by atomic mass is 10.2. The third-order valence-corrected chi connectivity index (χ3v) is 4.32. The average molecular weight is 328 g/mol. The molecule has 2 N–H and O–H groups in total. The zero-order valence-corrected chi connectivity index (χ0v) is 14.6. The molecule has 1 aromatic carbocycles. The van der Waals surface area contributed by atoms with Gasteiger partial charge in [0.1, 0.15) is 0 Å². The summed E-state index contributed by atoms with van der Waals surface area (Å²) in [6.07, 6.45) is 2.71. The molecule has 5 heteroatoms. The number of rotatable bonds is 7. The molecular weight excluding hydrogens is 304 g/mol. The van der Waals surface area contributed by atoms with Crippen LogP contribution in [0.2, 0.25) is 0 Å². The summed E-state index contributed by atoms with van der Waals surface area (Å²) < 4.78 is 0. The summed E-state index contributed by atoms with van der Waals surface area (Å²) in [5.41, 5.74) is 2.38. The van der Waals surface area contributed by atoms with E-state index in [9.17, 15) is 0 Å². The van der Waals surface area contributed by atoms with Gasteiger partial charge in [-0.1, -0.05) is 23.8 Å². The van der Waals surface area contributed by atoms with E-state index in [0.29, 0.717) is 0 Å². The van der Waals surface area contributed by atoms with Crippen molar-refractivity contribution in [2.24, 2.45) is 4.99 Å². The molecule has 1 aromatic heterocycles. The first-order valence-corrected chi connectivity index (χ1v) is 8.80. The maximum Gasteiger partial charge on any atom is 0.191 e. The van der Waals surface area contributed by atoms with Crippen LogP contribution in [0, 0.1) is 6.92 Å². The maximum atomic E-state index is 4.31. The topological polar surface area (TPSA) is 49.3 Å². The second kappa shape index (κ2) is 9.90. The second-order valence-electron chi connectivity index (χ2n) is 5.16. The van der Waals surface area contributed by atoms with E-state index < -0.39 is 0 Å². The maximum absolute atomic E-state index is 4.31. The molecule has 0 saturated carbocycles. The fourth-order valence-electron chi connectivity index (χ4n) is 2.05. The predicted molar refractivity (Wildman–Crippen MR) is 99.2 cm³/mol. The number of aliphatic imine (C=N–C) groups is 1. The molecule has 23 heavy (non-hydrogen) atoms. The van der Waals surface area contributed by atoms with E-state index in [0.717, 1.165) is 36.9 Å². The SMILES string of the molecule is CN=C(NCCSc1ccc(C)cc1)NCCc1ccccn1. The molecule has 4 nitrogen and oxygen atoms in total. The van der Waals surface area contributed by atoms with Crippen molar-refractivity contribution in [1.29, 1.82) is 0 Å². The van der Waals surface area contributed by atoms with Gasteiger partial charge in [0.05, 0.1) is 0 Å². The summed E-state index contributed by atoms with van der Waals surface area (Å²) in [7, 11) is 1.79. The Morgan fingerprint density at radius 3 is 2.57 bits per heavy atom. The minimum absolute atomic E-state index is 0.821. The fourth-order valence-corrected chi connectivity index (χ4v) is 2.82. The number of benzene rings is 1. The summed E-state index contributed by atoms with van der Waals surface area (Å²) in [5, 5.41) is 6.65. The van der Waals surface area contributed by atoms with Gasteiger partial charge in [0.15, 0.2) is 5.96 Å². The first kappa shape index (κ1) is 17.3. The molecule has 0 amide bonds. The number of guanidine groups is 1. The highest BCUT2D eigenvalue weighted by atomic mass is 32.2. The number of pyridine rings is 1. The monoisotopic (exact) mass is 328 g/mol. The van der Waals surface area contributed by atoms with Crippen molar-refractivity contribution >= 4 is 17.7 Å². The van der Waals surface area contributed by atoms with E-state index in [-0.39, 0.29) is 0 Å². The smallest absolute Gasteiger partial charge is 0.191 e. The van der Waals surface area contributed by atoms with Crippen molar-refractivity contribution < 1.29 is 0 Å². The standard InChI is InChI=1S/C18H24N4S/c1-15-6-8-17(9-7-15)23-14-13-22-18(19-2)21-12-10-16-5-3-4-11-20-16/h3-9,11H,10,12-14H2,1-2H3,(H2,19,21,22). The van der Waals surface area contributed by atoms with Crippen molar-refractivity contribution in [2.75, 3.05) is 25.9 Å². The van der Waals surface area contributed by atoms with Crippen LogP contribution in [0.25, 0.3) is 0 Å². The number of thioether (sulfide) groups is 1. The highest BCUT2D eigenvalue weighted by Gasteiger charge is 1.99. The van der Waals surface area contributed by atoms with Crippen LogP contribution < -0.4 is 10.6 Å². The average Bonchev–Trinajstić information content (AvgIpc) is 2.59. The van der Waals surface area contributed by atoms with E-state index in [1.54, 1.807) is 7.05 Å². The van der Waals surface area contributed by atoms with Crippen LogP contribution in [0.4, 0.5) is 0 Å². The van der Waals surface area contributed by atoms with Crippen molar-refractivity contribution in [3.63, 3.8) is 0 Å². The van der Waals surface area contributed by atoms with Crippen LogP contribution in [0.15, 0.2) is 58.5 Å². The third-order valence-electron chi connectivity index (χ3n) is 3.31. The number of aromatic nitrogens is 1. The summed E-state index contributed by atoms with van der Waals surface area (Å²) in [6.45, 7) is 3.81. The van der Waals surface area contributed by atoms with E-state index in [1.807, 2.05) is 36.2 Å². The molecule has 2 aromatic rings. The van der Waals surface area contributed by atoms with Gasteiger partial charge in [-0.05, 0) is 31.2 Å². The summed E-state index contributed by atoms with van der Waals surface area (Å²) >= 11 is 1.85. The van der Waals surface area contributed by atoms with Crippen molar-refractivity contribution in [3.05, 3.63) is 59.9 Å². The molecule has 0 fully saturated rings. The molecule has 0 spiro atoms. The first-order chi connectivity index (χ1) is 11.3. The third kappa shape index (κ3) is 6.74. The highest BCUT2D eigenvalue weighted by Crippen LogP contribution is 2.17. The largest absolute Gasteiger partial charge is 0.356 e. The zero-order chi connectivity index (χ0) is 16.3. The highest BCUT2D eigenvalue weighted by molar-refractivity contribution is 7.99. The number of hydrogen-bond donors (Lipinski definition) is 2. The number of nitrogens with zero attached hydrogens (tertiary/aromatic N) is 2. The molecule has 0 aliphatic heterocycles. The Bertz CT molecular complexity index is 596. The Hall–Kier alpha value is -2.01. The fraction of sp³-hybridized carbons (Fsp3) is 0.333. The van der Waals surface area contributed by atoms with Crippen molar-refractivity contribution in [3.8, 4) is 0 Å². The Kier molecular flexibility index (Phi) is 7.46. The molecule has 2 rings (SSSR count). The summed E-state index contributed by atoms with van der Waals surface area (Å²) in [5.74, 6) is 1.84. The van der Waals surface area contributed by atoms with E-state index in [1.165, 1.54) is 10.5 Å². The Balaban J connectivity index is 1.62. The van der Waals surface area contributed by atoms with E-state index in [4.69, 9.17) is 0 Å². The molecule has 0 aliphatic rings. The number of nitrogens with one attached hydrogen (secondary N) is 2. The van der Waals surface area contributed by atoms with Gasteiger partial charge in [0.25, 0.3) is 0 Å². The van der Waals surface area contributed by atoms with Gasteiger partial charge in [-0.15, -0.1) is 11.8 Å². The summed E-state index contributed by atoms with van der Waals surface area (Å²) in [4.78, 5) is 9.85. The minimum atomic E-state index is 0.821. The molecule has 0 aliphatic carbocycles. The van der Waals surface area contributed by atoms with Gasteiger partial charge in [-0.3, -0.25) is 9.98 Å². The van der Waals surface area contributed by atoms with E-state index >= 15 is 0 Å². The van der Waals surface area contributed by atoms with Gasteiger partial charge >= 0.3 is 0 Å². The van der Waals surface area contributed by atoms with Crippen LogP contribution >= 0.6 is 11.8 Å². The Morgan fingerprint density at radius 2 is 1.87 bits per heavy atom. The predicted octanol–water partition coefficient (Wildman–Crippen LogP) is 2.89. The number of aryl methyl sites for hydroxylation is 1. The molecule has 0 atom stereocenters. The lowest BCUT2D eigenvalue weighted by molar-refractivity contribution is 0.798. The van der Waals surface area contributed by atoms with Gasteiger partial charge in [0, 0.05) is 49.1 Å². The molecule has 0 saturated heterocycles. The molecule has 0 unspecified atom stereocenters. The van der Waals surface area contributed by atoms with Gasteiger partial charge < -0.3 is 10.6 Å². The lowest BCUT2D eigenvalue weighted by Crippen LogP contribution is -2.39. The van der Waals surface area contributed by atoms with Gasteiger partial charge in [-0.2, -0.15) is 0 Å². The van der Waals surface area contributed by atoms with Crippen LogP contribution in [0.3, 0.4) is 0 Å². The zero-order valence-electron chi connectivity index (χ0n) is 13.7. The first-order valence-electron chi connectivity index (χ1n) is 7.82. The normalized spacial score (nSPS) is 11.3. The molecular formula is C18H24N4S. The molecule has 1 heterocycles. The van der Waals surface area contributed by atoms with E-state index in [2.05, 4.69) is 51.8 Å². The lowest BCUT2D eigenvalue weighted by Gasteiger charge is -2.11. The van der Waals surface area contributed by atoms with Crippen molar-refractivity contribution in [2.45, 2.75) is 18.2 Å². The van der Waals surface area contributed by atoms with Gasteiger partial charge in [0.2, 0.25) is 0 Å². The number of hydrogen-bond acceptors (Lipinski definition) is 3. The van der Waals surface area contributed by atoms with Crippen LogP contribution in [0.1, 0.15) is 11.3 Å².